The van der Waals surface area contributed by atoms with Crippen molar-refractivity contribution in [2.24, 2.45) is 0 Å². The summed E-state index contributed by atoms with van der Waals surface area (Å²) in [6.07, 6.45) is 0.600. The number of nitrogens with one attached hydrogen (secondary N) is 1. The number of halogens is 1. The highest BCUT2D eigenvalue weighted by molar-refractivity contribution is 6.37. The Kier molecular flexibility index (Phi) is 5.92. The Hall–Kier alpha value is -3.37. The van der Waals surface area contributed by atoms with Gasteiger partial charge in [-0.25, -0.2) is 0 Å². The molecule has 0 aliphatic carbocycles. The summed E-state index contributed by atoms with van der Waals surface area (Å²) in [5.41, 5.74) is 5.35. The molecule has 1 aliphatic heterocycles. The summed E-state index contributed by atoms with van der Waals surface area (Å²) >= 11 is 6.04. The van der Waals surface area contributed by atoms with Crippen LogP contribution in [0.2, 0.25) is 5.02 Å². The van der Waals surface area contributed by atoms with E-state index in [0.29, 0.717) is 34.8 Å². The Labute approximate surface area is 187 Å². The first-order chi connectivity index (χ1) is 14.9. The summed E-state index contributed by atoms with van der Waals surface area (Å²) in [5.74, 6) is -0.610. The predicted molar refractivity (Wildman–Crippen MR) is 125 cm³/mol. The molecule has 3 aromatic rings. The minimum Gasteiger partial charge on any atom is -0.350 e. The minimum absolute atomic E-state index is 0.296. The monoisotopic (exact) mass is 430 g/mol. The lowest BCUT2D eigenvalue weighted by Gasteiger charge is -2.16. The second-order valence-corrected chi connectivity index (χ2v) is 8.13. The molecule has 5 heteroatoms. The van der Waals surface area contributed by atoms with Gasteiger partial charge in [0.25, 0.3) is 11.8 Å². The molecule has 0 bridgehead atoms. The van der Waals surface area contributed by atoms with E-state index < -0.39 is 0 Å². The molecule has 1 N–H and O–H groups in total. The van der Waals surface area contributed by atoms with E-state index in [1.807, 2.05) is 62.4 Å². The number of anilines is 1. The van der Waals surface area contributed by atoms with Crippen LogP contribution in [0.5, 0.6) is 0 Å². The molecular weight excluding hydrogens is 408 g/mol. The molecule has 0 aromatic heterocycles. The van der Waals surface area contributed by atoms with Crippen LogP contribution in [0.3, 0.4) is 0 Å². The van der Waals surface area contributed by atoms with E-state index in [-0.39, 0.29) is 11.8 Å². The molecular formula is C26H23ClN2O2. The molecule has 0 spiro atoms. The molecule has 0 saturated carbocycles. The third kappa shape index (κ3) is 4.39. The van der Waals surface area contributed by atoms with Crippen LogP contribution in [0.4, 0.5) is 5.69 Å². The zero-order valence-corrected chi connectivity index (χ0v) is 18.2. The van der Waals surface area contributed by atoms with Gasteiger partial charge in [0.1, 0.15) is 5.70 Å². The van der Waals surface area contributed by atoms with Gasteiger partial charge in [-0.3, -0.25) is 14.5 Å². The van der Waals surface area contributed by atoms with Crippen LogP contribution < -0.4 is 5.32 Å². The van der Waals surface area contributed by atoms with Crippen molar-refractivity contribution < 1.29 is 9.59 Å². The first kappa shape index (κ1) is 20.9. The number of hydrogen-bond acceptors (Lipinski definition) is 3. The van der Waals surface area contributed by atoms with Gasteiger partial charge in [0.05, 0.1) is 5.57 Å². The Morgan fingerprint density at radius 1 is 0.871 bits per heavy atom. The molecule has 156 valence electrons. The van der Waals surface area contributed by atoms with Crippen LogP contribution in [0, 0.1) is 13.8 Å². The molecule has 31 heavy (non-hydrogen) atoms. The van der Waals surface area contributed by atoms with Crippen molar-refractivity contribution in [1.29, 1.82) is 0 Å². The molecule has 0 atom stereocenters. The third-order valence-electron chi connectivity index (χ3n) is 5.41. The van der Waals surface area contributed by atoms with Crippen molar-refractivity contribution in [3.63, 3.8) is 0 Å². The summed E-state index contributed by atoms with van der Waals surface area (Å²) < 4.78 is 0. The fourth-order valence-electron chi connectivity index (χ4n) is 3.75. The quantitative estimate of drug-likeness (QED) is 0.533. The van der Waals surface area contributed by atoms with Crippen LogP contribution >= 0.6 is 11.6 Å². The van der Waals surface area contributed by atoms with Crippen LogP contribution in [-0.4, -0.2) is 23.3 Å². The largest absolute Gasteiger partial charge is 0.350 e. The molecule has 4 nitrogen and oxygen atoms in total. The van der Waals surface area contributed by atoms with E-state index in [2.05, 4.69) is 5.32 Å². The normalized spacial score (nSPS) is 13.8. The van der Waals surface area contributed by atoms with E-state index in [1.54, 1.807) is 24.3 Å². The number of nitrogens with zero attached hydrogens (tertiary/aromatic N) is 1. The van der Waals surface area contributed by atoms with Crippen molar-refractivity contribution >= 4 is 34.7 Å². The van der Waals surface area contributed by atoms with E-state index in [0.717, 1.165) is 22.4 Å². The van der Waals surface area contributed by atoms with Gasteiger partial charge in [-0.1, -0.05) is 71.8 Å². The second kappa shape index (κ2) is 8.78. The molecule has 1 heterocycles. The van der Waals surface area contributed by atoms with Gasteiger partial charge < -0.3 is 5.32 Å². The zero-order chi connectivity index (χ0) is 22.0. The van der Waals surface area contributed by atoms with Gasteiger partial charge in [0.15, 0.2) is 0 Å². The van der Waals surface area contributed by atoms with E-state index in [9.17, 15) is 9.59 Å². The van der Waals surface area contributed by atoms with Crippen molar-refractivity contribution in [2.45, 2.75) is 20.3 Å². The molecule has 2 amide bonds. The minimum atomic E-state index is -0.314. The van der Waals surface area contributed by atoms with Crippen LogP contribution in [0.15, 0.2) is 78.5 Å². The van der Waals surface area contributed by atoms with Crippen LogP contribution in [0.1, 0.15) is 22.3 Å². The van der Waals surface area contributed by atoms with Gasteiger partial charge in [-0.15, -0.1) is 0 Å². The highest BCUT2D eigenvalue weighted by Crippen LogP contribution is 2.32. The number of imide groups is 1. The van der Waals surface area contributed by atoms with Crippen molar-refractivity contribution in [3.05, 3.63) is 106 Å². The summed E-state index contributed by atoms with van der Waals surface area (Å²) in [4.78, 5) is 28.0. The number of amides is 2. The molecule has 0 unspecified atom stereocenters. The Morgan fingerprint density at radius 2 is 1.58 bits per heavy atom. The second-order valence-electron chi connectivity index (χ2n) is 7.70. The fourth-order valence-corrected chi connectivity index (χ4v) is 3.88. The summed E-state index contributed by atoms with van der Waals surface area (Å²) in [7, 11) is 0. The highest BCUT2D eigenvalue weighted by Gasteiger charge is 2.39. The number of hydrogen-bond donors (Lipinski definition) is 1. The summed E-state index contributed by atoms with van der Waals surface area (Å²) in [5, 5.41) is 3.82. The number of carbonyl (C=O) groups excluding carboxylic acids is 2. The third-order valence-corrected chi connectivity index (χ3v) is 5.66. The van der Waals surface area contributed by atoms with Crippen molar-refractivity contribution in [2.75, 3.05) is 11.9 Å². The molecule has 4 rings (SSSR count). The Bertz CT molecular complexity index is 1170. The van der Waals surface area contributed by atoms with E-state index in [4.69, 9.17) is 11.6 Å². The van der Waals surface area contributed by atoms with Gasteiger partial charge in [-0.05, 0) is 55.2 Å². The standard InChI is InChI=1S/C26H23ClN2O2/c1-17-8-13-22(18(2)16-17)28-24-23(20-9-11-21(27)12-10-20)25(30)29(26(24)31)15-14-19-6-4-3-5-7-19/h3-13,16,28H,14-15H2,1-2H3. The lowest BCUT2D eigenvalue weighted by atomic mass is 10.0. The van der Waals surface area contributed by atoms with Crippen LogP contribution in [0.25, 0.3) is 5.57 Å². The molecule has 0 saturated heterocycles. The van der Waals surface area contributed by atoms with E-state index in [1.165, 1.54) is 4.90 Å². The SMILES string of the molecule is Cc1ccc(NC2=C(c3ccc(Cl)cc3)C(=O)N(CCc3ccccc3)C2=O)c(C)c1. The maximum absolute atomic E-state index is 13.3. The van der Waals surface area contributed by atoms with Gasteiger partial charge in [-0.2, -0.15) is 0 Å². The topological polar surface area (TPSA) is 49.4 Å². The van der Waals surface area contributed by atoms with E-state index >= 15 is 0 Å². The Balaban J connectivity index is 1.69. The predicted octanol–water partition coefficient (Wildman–Crippen LogP) is 5.39. The first-order valence-electron chi connectivity index (χ1n) is 10.2. The van der Waals surface area contributed by atoms with Crippen molar-refractivity contribution in [3.8, 4) is 0 Å². The maximum atomic E-state index is 13.3. The molecule has 0 radical (unpaired) electrons. The summed E-state index contributed by atoms with van der Waals surface area (Å²) in [6, 6.07) is 22.8. The lowest BCUT2D eigenvalue weighted by Crippen LogP contribution is -2.34. The van der Waals surface area contributed by atoms with Crippen molar-refractivity contribution in [1.82, 2.24) is 4.90 Å². The molecule has 3 aromatic carbocycles. The van der Waals surface area contributed by atoms with Crippen LogP contribution in [-0.2, 0) is 16.0 Å². The molecule has 1 aliphatic rings. The smallest absolute Gasteiger partial charge is 0.278 e. The number of aryl methyl sites for hydroxylation is 2. The maximum Gasteiger partial charge on any atom is 0.278 e. The fraction of sp³-hybridized carbons (Fsp3) is 0.154. The number of rotatable bonds is 6. The Morgan fingerprint density at radius 3 is 2.26 bits per heavy atom. The highest BCUT2D eigenvalue weighted by atomic mass is 35.5. The summed E-state index contributed by atoms with van der Waals surface area (Å²) in [6.45, 7) is 4.31. The lowest BCUT2D eigenvalue weighted by molar-refractivity contribution is -0.136. The molecule has 0 fully saturated rings. The van der Waals surface area contributed by atoms with Gasteiger partial charge in [0.2, 0.25) is 0 Å². The average molecular weight is 431 g/mol. The first-order valence-corrected chi connectivity index (χ1v) is 10.6. The zero-order valence-electron chi connectivity index (χ0n) is 17.5. The number of carbonyl (C=O) groups is 2. The average Bonchev–Trinajstić information content (AvgIpc) is 2.99. The van der Waals surface area contributed by atoms with Gasteiger partial charge >= 0.3 is 0 Å². The number of benzene rings is 3. The van der Waals surface area contributed by atoms with Gasteiger partial charge in [0, 0.05) is 17.3 Å².